The summed E-state index contributed by atoms with van der Waals surface area (Å²) in [4.78, 5) is 74.1. The number of aromatic nitrogens is 6. The van der Waals surface area contributed by atoms with E-state index in [4.69, 9.17) is 18.9 Å². The van der Waals surface area contributed by atoms with Crippen molar-refractivity contribution in [3.63, 3.8) is 0 Å². The number of aliphatic hydroxyl groups is 4. The van der Waals surface area contributed by atoms with E-state index in [-0.39, 0.29) is 38.3 Å². The zero-order valence-corrected chi connectivity index (χ0v) is 43.3. The fraction of sp³-hybridized carbons (Fsp3) is 0.509. The number of nitrogens with zero attached hydrogens (tertiary/aromatic N) is 6. The van der Waals surface area contributed by atoms with E-state index in [2.05, 4.69) is 58.4 Å². The lowest BCUT2D eigenvalue weighted by Crippen LogP contribution is -2.54. The lowest BCUT2D eigenvalue weighted by Gasteiger charge is -2.28. The van der Waals surface area contributed by atoms with Crippen molar-refractivity contribution in [1.82, 2.24) is 27.4 Å². The molecular weight excluding hydrogens is 945 g/mol. The average Bonchev–Trinajstić information content (AvgIpc) is 3.37. The van der Waals surface area contributed by atoms with E-state index < -0.39 is 65.5 Å². The Labute approximate surface area is 425 Å². The Bertz CT molecular complexity index is 2830. The summed E-state index contributed by atoms with van der Waals surface area (Å²) < 4.78 is 26.9. The highest BCUT2D eigenvalue weighted by Gasteiger charge is 2.26. The molecule has 4 unspecified atom stereocenters. The predicted octanol–water partition coefficient (Wildman–Crippen LogP) is 2.30. The van der Waals surface area contributed by atoms with Crippen LogP contribution in [-0.2, 0) is 90.7 Å². The van der Waals surface area contributed by atoms with Crippen molar-refractivity contribution < 1.29 is 39.4 Å². The van der Waals surface area contributed by atoms with Gasteiger partial charge in [0.15, 0.2) is 12.6 Å². The van der Waals surface area contributed by atoms with E-state index >= 15 is 0 Å². The smallest absolute Gasteiger partial charge is 0.336 e. The molecular formula is C53H76N6O14. The Morgan fingerprint density at radius 1 is 0.534 bits per heavy atom. The molecule has 73 heavy (non-hydrogen) atoms. The second-order valence-corrected chi connectivity index (χ2v) is 17.9. The van der Waals surface area contributed by atoms with Gasteiger partial charge in [-0.25, -0.2) is 56.2 Å². The third-order valence-corrected chi connectivity index (χ3v) is 12.1. The van der Waals surface area contributed by atoms with Crippen molar-refractivity contribution in [2.75, 3.05) is 26.4 Å². The molecule has 4 rings (SSSR count). The summed E-state index contributed by atoms with van der Waals surface area (Å²) in [6.45, 7) is 23.5. The number of rotatable bonds is 31. The van der Waals surface area contributed by atoms with E-state index in [9.17, 15) is 49.2 Å². The van der Waals surface area contributed by atoms with Crippen LogP contribution in [0.25, 0.3) is 0 Å². The highest BCUT2D eigenvalue weighted by molar-refractivity contribution is 5.45. The van der Waals surface area contributed by atoms with Crippen molar-refractivity contribution in [1.29, 1.82) is 0 Å². The van der Waals surface area contributed by atoms with Crippen LogP contribution in [0, 0.1) is 0 Å². The number of hydrogen-bond donors (Lipinski definition) is 4. The molecule has 0 aliphatic rings. The monoisotopic (exact) mass is 1020 g/mol. The van der Waals surface area contributed by atoms with Gasteiger partial charge in [-0.1, -0.05) is 88.4 Å². The summed E-state index contributed by atoms with van der Waals surface area (Å²) in [5, 5.41) is 39.9. The molecule has 2 aromatic carbocycles. The van der Waals surface area contributed by atoms with Crippen LogP contribution in [0.5, 0.6) is 0 Å². The molecule has 0 radical (unpaired) electrons. The van der Waals surface area contributed by atoms with E-state index in [1.165, 1.54) is 26.2 Å². The number of benzene rings is 2. The van der Waals surface area contributed by atoms with Gasteiger partial charge in [0, 0.05) is 32.7 Å². The number of aliphatic hydroxyl groups excluding tert-OH is 4. The van der Waals surface area contributed by atoms with Crippen molar-refractivity contribution >= 4 is 0 Å². The molecule has 0 amide bonds. The van der Waals surface area contributed by atoms with E-state index in [0.717, 1.165) is 67.2 Å². The first-order valence-electron chi connectivity index (χ1n) is 24.3. The zero-order valence-electron chi connectivity index (χ0n) is 43.3. The minimum Gasteiger partial charge on any atom is -0.391 e. The summed E-state index contributed by atoms with van der Waals surface area (Å²) >= 11 is 0. The van der Waals surface area contributed by atoms with Gasteiger partial charge in [-0.3, -0.25) is 0 Å². The van der Waals surface area contributed by atoms with Gasteiger partial charge in [0.2, 0.25) is 0 Å². The summed E-state index contributed by atoms with van der Waals surface area (Å²) in [6.07, 6.45) is 6.44. The van der Waals surface area contributed by atoms with Crippen LogP contribution in [0.15, 0.2) is 116 Å². The molecule has 0 bridgehead atoms. The van der Waals surface area contributed by atoms with E-state index in [1.54, 1.807) is 6.08 Å². The number of unbranched alkanes of at least 4 members (excludes halogenated alkanes) is 1. The van der Waals surface area contributed by atoms with Crippen LogP contribution < -0.4 is 34.1 Å². The summed E-state index contributed by atoms with van der Waals surface area (Å²) in [6, 6.07) is 12.3. The summed E-state index contributed by atoms with van der Waals surface area (Å²) in [7, 11) is 2.53. The fourth-order valence-electron chi connectivity index (χ4n) is 7.49. The van der Waals surface area contributed by atoms with Crippen molar-refractivity contribution in [3.8, 4) is 0 Å². The molecule has 4 atom stereocenters. The van der Waals surface area contributed by atoms with Gasteiger partial charge in [-0.15, -0.1) is 26.3 Å². The molecule has 402 valence electrons. The highest BCUT2D eigenvalue weighted by Crippen LogP contribution is 2.34. The molecule has 2 aromatic heterocycles. The van der Waals surface area contributed by atoms with Gasteiger partial charge in [0.05, 0.1) is 64.8 Å². The van der Waals surface area contributed by atoms with Crippen LogP contribution in [0.1, 0.15) is 86.8 Å². The molecule has 0 fully saturated rings. The normalized spacial score (nSPS) is 13.1. The van der Waals surface area contributed by atoms with Crippen molar-refractivity contribution in [2.45, 2.75) is 136 Å². The van der Waals surface area contributed by atoms with Gasteiger partial charge in [-0.2, -0.15) is 0 Å². The number of ether oxygens (including phenoxy) is 4. The van der Waals surface area contributed by atoms with Crippen LogP contribution >= 0.6 is 0 Å². The van der Waals surface area contributed by atoms with Crippen molar-refractivity contribution in [2.24, 2.45) is 14.1 Å². The summed E-state index contributed by atoms with van der Waals surface area (Å²) in [5.41, 5.74) is 0.890. The van der Waals surface area contributed by atoms with Crippen LogP contribution in [-0.4, -0.2) is 99.0 Å². The number of allylic oxidation sites excluding steroid dienone is 4. The van der Waals surface area contributed by atoms with Crippen LogP contribution in [0.3, 0.4) is 0 Å². The Hall–Kier alpha value is -6.10. The maximum atomic E-state index is 12.8. The predicted molar refractivity (Wildman–Crippen MR) is 279 cm³/mol. The molecule has 4 aromatic rings. The second-order valence-electron chi connectivity index (χ2n) is 17.9. The molecule has 0 saturated carbocycles. The minimum absolute atomic E-state index is 0.0220. The quantitative estimate of drug-likeness (QED) is 0.0321. The molecule has 4 N–H and O–H groups in total. The maximum Gasteiger partial charge on any atom is 0.336 e. The Morgan fingerprint density at radius 3 is 1.36 bits per heavy atom. The Morgan fingerprint density at radius 2 is 0.945 bits per heavy atom. The SMILES string of the molecule is C=CCc1cc(C(C)(C)c2ccc(COC(O)Cn3c(=O)n(C)c(=O)n(CC=C)c3=O)c(CC=C)c2)ccc1COC(O)CC.C=CCn1c(=O)n(C)c(=O)n(CC(O)COCCCCOCC(O)CC)c1=O. The zero-order chi connectivity index (χ0) is 54.4. The van der Waals surface area contributed by atoms with Gasteiger partial charge in [0.25, 0.3) is 0 Å². The van der Waals surface area contributed by atoms with Gasteiger partial charge in [-0.05, 0) is 71.9 Å². The average molecular weight is 1020 g/mol. The first-order chi connectivity index (χ1) is 34.7. The summed E-state index contributed by atoms with van der Waals surface area (Å²) in [5.74, 6) is 0. The van der Waals surface area contributed by atoms with Gasteiger partial charge in [0.1, 0.15) is 0 Å². The largest absolute Gasteiger partial charge is 0.391 e. The standard InChI is InChI=1S/C35H45N3O7.C18H31N3O7/c1-8-12-24-19-28(16-14-26(24)22-44-30(39)11-4)35(5,6)29-17-15-27(25(20-29)13-9-2)23-45-31(40)21-38-33(42)36(7)32(41)37(18-10-3)34(38)43;1-4-8-20-16(24)19(3)17(25)21(18(20)26)11-15(23)13-28-10-7-6-9-27-12-14(22)5-2/h8-10,14-17,19-20,30-31,39-40H,1-3,11-13,18,21-23H2,4-7H3;4,14-15,22-23H,1,5-13H2,2-3H3. The molecule has 0 saturated heterocycles. The Kier molecular flexibility index (Phi) is 25.3. The molecule has 0 aliphatic heterocycles. The van der Waals surface area contributed by atoms with Crippen LogP contribution in [0.2, 0.25) is 0 Å². The van der Waals surface area contributed by atoms with Crippen LogP contribution in [0.4, 0.5) is 0 Å². The van der Waals surface area contributed by atoms with Crippen molar-refractivity contribution in [3.05, 3.63) is 183 Å². The molecule has 2 heterocycles. The molecule has 0 aliphatic carbocycles. The first kappa shape index (κ1) is 61.2. The third kappa shape index (κ3) is 17.2. The highest BCUT2D eigenvalue weighted by atomic mass is 16.6. The van der Waals surface area contributed by atoms with E-state index in [1.807, 2.05) is 38.1 Å². The first-order valence-corrected chi connectivity index (χ1v) is 24.3. The number of hydrogen-bond acceptors (Lipinski definition) is 14. The third-order valence-electron chi connectivity index (χ3n) is 12.1. The lowest BCUT2D eigenvalue weighted by molar-refractivity contribution is -0.118. The van der Waals surface area contributed by atoms with E-state index in [0.29, 0.717) is 58.5 Å². The van der Waals surface area contributed by atoms with Gasteiger partial charge >= 0.3 is 34.1 Å². The fourth-order valence-corrected chi connectivity index (χ4v) is 7.49. The van der Waals surface area contributed by atoms with Gasteiger partial charge < -0.3 is 39.4 Å². The second kappa shape index (κ2) is 30.2. The lowest BCUT2D eigenvalue weighted by atomic mass is 9.76. The maximum absolute atomic E-state index is 12.8. The molecule has 20 heteroatoms. The molecule has 0 spiro atoms. The molecule has 20 nitrogen and oxygen atoms in total. The minimum atomic E-state index is -1.48. The Balaban J connectivity index is 0.000000431. The topological polar surface area (TPSA) is 250 Å².